The Kier molecular flexibility index (Phi) is 4.88. The van der Waals surface area contributed by atoms with E-state index in [-0.39, 0.29) is 0 Å². The lowest BCUT2D eigenvalue weighted by Crippen LogP contribution is -1.95. The van der Waals surface area contributed by atoms with Gasteiger partial charge in [0.1, 0.15) is 5.69 Å². The summed E-state index contributed by atoms with van der Waals surface area (Å²) in [7, 11) is 0. The molecule has 1 aromatic carbocycles. The van der Waals surface area contributed by atoms with Crippen molar-refractivity contribution < 1.29 is 0 Å². The van der Waals surface area contributed by atoms with Crippen LogP contribution in [0.25, 0.3) is 27.6 Å². The third-order valence-electron chi connectivity index (χ3n) is 4.42. The molecule has 0 amide bonds. The number of benzene rings is 1. The van der Waals surface area contributed by atoms with Crippen molar-refractivity contribution in [3.8, 4) is 27.6 Å². The molecule has 0 aliphatic rings. The van der Waals surface area contributed by atoms with Crippen molar-refractivity contribution in [3.63, 3.8) is 0 Å². The molecular formula is C21H15N7S2. The van der Waals surface area contributed by atoms with Crippen LogP contribution in [0.1, 0.15) is 5.56 Å². The number of H-pyrrole nitrogens is 1. The van der Waals surface area contributed by atoms with Crippen molar-refractivity contribution in [2.75, 3.05) is 0 Å². The van der Waals surface area contributed by atoms with Crippen LogP contribution in [0.3, 0.4) is 0 Å². The van der Waals surface area contributed by atoms with E-state index in [1.54, 1.807) is 34.6 Å². The zero-order valence-electron chi connectivity index (χ0n) is 15.6. The number of nitrogens with zero attached hydrogens (tertiary/aromatic N) is 6. The Morgan fingerprint density at radius 2 is 1.87 bits per heavy atom. The number of hydrogen-bond acceptors (Lipinski definition) is 6. The van der Waals surface area contributed by atoms with E-state index in [2.05, 4.69) is 20.3 Å². The molecular weight excluding hydrogens is 414 g/mol. The monoisotopic (exact) mass is 429 g/mol. The number of aromatic amines is 1. The van der Waals surface area contributed by atoms with E-state index in [0.717, 1.165) is 27.4 Å². The van der Waals surface area contributed by atoms with Crippen molar-refractivity contribution in [3.05, 3.63) is 88.9 Å². The highest BCUT2D eigenvalue weighted by molar-refractivity contribution is 7.71. The summed E-state index contributed by atoms with van der Waals surface area (Å²) in [5.41, 5.74) is 3.59. The standard InChI is InChI=1S/C21H15N7S2/c29-21-25-24-20(15-8-10-22-11-9-15)28(21)23-13-16-14-27(17-5-2-1-3-6-17)26-19(16)18-7-4-12-30-18/h1-14H,(H,25,29)/b23-13+. The van der Waals surface area contributed by atoms with Gasteiger partial charge >= 0.3 is 0 Å². The molecule has 0 bridgehead atoms. The normalized spacial score (nSPS) is 11.3. The summed E-state index contributed by atoms with van der Waals surface area (Å²) in [5.74, 6) is 0.617. The van der Waals surface area contributed by atoms with Gasteiger partial charge in [-0.15, -0.1) is 11.3 Å². The quantitative estimate of drug-likeness (QED) is 0.322. The van der Waals surface area contributed by atoms with Gasteiger partial charge < -0.3 is 0 Å². The zero-order chi connectivity index (χ0) is 20.3. The first-order chi connectivity index (χ1) is 14.8. The van der Waals surface area contributed by atoms with E-state index in [9.17, 15) is 0 Å². The number of nitrogens with one attached hydrogen (secondary N) is 1. The fourth-order valence-corrected chi connectivity index (χ4v) is 3.92. The fourth-order valence-electron chi connectivity index (χ4n) is 3.01. The topological polar surface area (TPSA) is 76.7 Å². The minimum absolute atomic E-state index is 0.409. The highest BCUT2D eigenvalue weighted by atomic mass is 32.1. The van der Waals surface area contributed by atoms with E-state index in [1.165, 1.54) is 0 Å². The fraction of sp³-hybridized carbons (Fsp3) is 0. The van der Waals surface area contributed by atoms with Crippen LogP contribution < -0.4 is 0 Å². The molecule has 7 nitrogen and oxygen atoms in total. The highest BCUT2D eigenvalue weighted by Crippen LogP contribution is 2.27. The summed E-state index contributed by atoms with van der Waals surface area (Å²) in [5, 5.41) is 18.6. The molecule has 0 radical (unpaired) electrons. The smallest absolute Gasteiger partial charge is 0.216 e. The van der Waals surface area contributed by atoms with Gasteiger partial charge in [0.15, 0.2) is 5.82 Å². The second kappa shape index (κ2) is 7.97. The van der Waals surface area contributed by atoms with Crippen LogP contribution in [0.4, 0.5) is 0 Å². The maximum absolute atomic E-state index is 5.38. The van der Waals surface area contributed by atoms with E-state index >= 15 is 0 Å². The largest absolute Gasteiger partial charge is 0.265 e. The molecule has 9 heteroatoms. The van der Waals surface area contributed by atoms with Crippen molar-refractivity contribution in [2.45, 2.75) is 0 Å². The molecule has 30 heavy (non-hydrogen) atoms. The Morgan fingerprint density at radius 3 is 2.63 bits per heavy atom. The van der Waals surface area contributed by atoms with Crippen molar-refractivity contribution >= 4 is 29.8 Å². The minimum atomic E-state index is 0.409. The van der Waals surface area contributed by atoms with Gasteiger partial charge in [-0.2, -0.15) is 20.0 Å². The predicted octanol–water partition coefficient (Wildman–Crippen LogP) is 4.80. The molecule has 4 heterocycles. The number of pyridine rings is 1. The maximum atomic E-state index is 5.38. The van der Waals surface area contributed by atoms with E-state index < -0.39 is 0 Å². The molecule has 146 valence electrons. The molecule has 0 saturated heterocycles. The second-order valence-corrected chi connectivity index (χ2v) is 7.67. The Hall–Kier alpha value is -3.69. The molecule has 4 aromatic heterocycles. The Bertz CT molecular complexity index is 1350. The van der Waals surface area contributed by atoms with Gasteiger partial charge in [-0.3, -0.25) is 4.98 Å². The molecule has 0 aliphatic heterocycles. The summed E-state index contributed by atoms with van der Waals surface area (Å²) in [6.07, 6.45) is 7.14. The lowest BCUT2D eigenvalue weighted by molar-refractivity contribution is 0.871. The molecule has 0 unspecified atom stereocenters. The van der Waals surface area contributed by atoms with Gasteiger partial charge in [0, 0.05) is 29.7 Å². The van der Waals surface area contributed by atoms with Gasteiger partial charge in [-0.25, -0.2) is 9.78 Å². The molecule has 1 N–H and O–H groups in total. The van der Waals surface area contributed by atoms with Gasteiger partial charge in [0.25, 0.3) is 0 Å². The van der Waals surface area contributed by atoms with Crippen molar-refractivity contribution in [1.82, 2.24) is 29.6 Å². The Morgan fingerprint density at radius 1 is 1.03 bits per heavy atom. The molecule has 0 saturated carbocycles. The molecule has 0 aliphatic carbocycles. The molecule has 5 rings (SSSR count). The minimum Gasteiger partial charge on any atom is -0.265 e. The summed E-state index contributed by atoms with van der Waals surface area (Å²) in [4.78, 5) is 5.12. The lowest BCUT2D eigenvalue weighted by atomic mass is 10.2. The third-order valence-corrected chi connectivity index (χ3v) is 5.56. The first-order valence-electron chi connectivity index (χ1n) is 9.11. The van der Waals surface area contributed by atoms with Crippen molar-refractivity contribution in [2.24, 2.45) is 5.10 Å². The average molecular weight is 430 g/mol. The second-order valence-electron chi connectivity index (χ2n) is 6.34. The average Bonchev–Trinajstić information content (AvgIpc) is 3.53. The number of aromatic nitrogens is 6. The van der Waals surface area contributed by atoms with Crippen LogP contribution in [0.2, 0.25) is 0 Å². The van der Waals surface area contributed by atoms with Crippen molar-refractivity contribution in [1.29, 1.82) is 0 Å². The van der Waals surface area contributed by atoms with Crippen LogP contribution in [0.5, 0.6) is 0 Å². The number of thiophene rings is 1. The summed E-state index contributed by atoms with van der Waals surface area (Å²) in [6, 6.07) is 17.8. The first kappa shape index (κ1) is 18.3. The molecule has 0 atom stereocenters. The first-order valence-corrected chi connectivity index (χ1v) is 10.4. The Balaban J connectivity index is 1.59. The molecule has 0 spiro atoms. The van der Waals surface area contributed by atoms with E-state index in [1.807, 2.05) is 70.9 Å². The summed E-state index contributed by atoms with van der Waals surface area (Å²) < 4.78 is 3.86. The SMILES string of the molecule is S=c1[nH]nc(-c2ccncc2)n1/N=C/c1cn(-c2ccccc2)nc1-c1cccs1. The third kappa shape index (κ3) is 3.51. The molecule has 0 fully saturated rings. The molecule has 5 aromatic rings. The van der Waals surface area contributed by atoms with E-state index in [0.29, 0.717) is 10.6 Å². The van der Waals surface area contributed by atoms with Gasteiger partial charge in [0.05, 0.1) is 16.8 Å². The summed E-state index contributed by atoms with van der Waals surface area (Å²) >= 11 is 7.01. The zero-order valence-corrected chi connectivity index (χ0v) is 17.2. The number of rotatable bonds is 5. The van der Waals surface area contributed by atoms with Crippen LogP contribution in [0.15, 0.2) is 83.7 Å². The van der Waals surface area contributed by atoms with Crippen LogP contribution in [-0.2, 0) is 0 Å². The maximum Gasteiger partial charge on any atom is 0.216 e. The number of hydrogen-bond donors (Lipinski definition) is 1. The lowest BCUT2D eigenvalue weighted by Gasteiger charge is -2.00. The number of para-hydroxylation sites is 1. The van der Waals surface area contributed by atoms with Crippen LogP contribution in [-0.4, -0.2) is 35.9 Å². The van der Waals surface area contributed by atoms with Gasteiger partial charge in [0.2, 0.25) is 4.77 Å². The van der Waals surface area contributed by atoms with Gasteiger partial charge in [-0.05, 0) is 47.9 Å². The van der Waals surface area contributed by atoms with Crippen LogP contribution >= 0.6 is 23.6 Å². The predicted molar refractivity (Wildman–Crippen MR) is 121 cm³/mol. The Labute approximate surface area is 181 Å². The van der Waals surface area contributed by atoms with Gasteiger partial charge in [-0.1, -0.05) is 24.3 Å². The van der Waals surface area contributed by atoms with E-state index in [4.69, 9.17) is 17.3 Å². The highest BCUT2D eigenvalue weighted by Gasteiger charge is 2.13. The summed E-state index contributed by atoms with van der Waals surface area (Å²) in [6.45, 7) is 0. The van der Waals surface area contributed by atoms with Crippen LogP contribution in [0, 0.1) is 4.77 Å².